The highest BCUT2D eigenvalue weighted by Crippen LogP contribution is 2.27. The summed E-state index contributed by atoms with van der Waals surface area (Å²) in [6.07, 6.45) is 0. The number of carbonyl (C=O) groups is 1. The molecule has 3 aromatic heterocycles. The Bertz CT molecular complexity index is 1300. The van der Waals surface area contributed by atoms with Crippen LogP contribution in [0.5, 0.6) is 0 Å². The van der Waals surface area contributed by atoms with E-state index >= 15 is 0 Å². The summed E-state index contributed by atoms with van der Waals surface area (Å²) in [5.74, 6) is 0.933. The highest BCUT2D eigenvalue weighted by Gasteiger charge is 2.18. The lowest BCUT2D eigenvalue weighted by Crippen LogP contribution is -2.37. The van der Waals surface area contributed by atoms with E-state index in [1.54, 1.807) is 10.6 Å². The van der Waals surface area contributed by atoms with E-state index in [2.05, 4.69) is 25.3 Å². The number of ether oxygens (including phenoxy) is 1. The maximum Gasteiger partial charge on any atom is 0.275 e. The summed E-state index contributed by atoms with van der Waals surface area (Å²) >= 11 is 6.34. The van der Waals surface area contributed by atoms with Crippen LogP contribution < -0.4 is 10.2 Å². The molecular weight excluding hydrogens is 428 g/mol. The molecule has 0 aliphatic carbocycles. The molecule has 0 radical (unpaired) electrons. The summed E-state index contributed by atoms with van der Waals surface area (Å²) < 4.78 is 7.02. The van der Waals surface area contributed by atoms with Gasteiger partial charge in [-0.2, -0.15) is 9.61 Å². The van der Waals surface area contributed by atoms with E-state index < -0.39 is 0 Å². The second kappa shape index (κ2) is 8.57. The van der Waals surface area contributed by atoms with Crippen molar-refractivity contribution in [3.05, 3.63) is 71.0 Å². The third kappa shape index (κ3) is 3.90. The first-order chi connectivity index (χ1) is 15.6. The van der Waals surface area contributed by atoms with Gasteiger partial charge in [-0.1, -0.05) is 35.9 Å². The SMILES string of the molecule is Cc1nc2ccc(-c3ccccc3Cl)nn2c1NC(=O)c1cccc(N2CCOCC2)n1. The summed E-state index contributed by atoms with van der Waals surface area (Å²) in [4.78, 5) is 24.2. The van der Waals surface area contributed by atoms with E-state index in [0.717, 1.165) is 24.5 Å². The molecule has 0 atom stereocenters. The number of nitrogens with zero attached hydrogens (tertiary/aromatic N) is 5. The van der Waals surface area contributed by atoms with Crippen LogP contribution in [0.25, 0.3) is 16.9 Å². The number of fused-ring (bicyclic) bond motifs is 1. The third-order valence-electron chi connectivity index (χ3n) is 5.34. The Labute approximate surface area is 189 Å². The fraction of sp³-hybridized carbons (Fsp3) is 0.217. The van der Waals surface area contributed by atoms with Gasteiger partial charge in [0.25, 0.3) is 5.91 Å². The molecular formula is C23H21ClN6O2. The van der Waals surface area contributed by atoms with Gasteiger partial charge in [-0.3, -0.25) is 4.79 Å². The minimum atomic E-state index is -0.324. The van der Waals surface area contributed by atoms with Crippen molar-refractivity contribution in [3.63, 3.8) is 0 Å². The number of anilines is 2. The van der Waals surface area contributed by atoms with Gasteiger partial charge in [-0.05, 0) is 37.3 Å². The zero-order valence-electron chi connectivity index (χ0n) is 17.5. The first kappa shape index (κ1) is 20.4. The van der Waals surface area contributed by atoms with E-state index in [-0.39, 0.29) is 5.91 Å². The Morgan fingerprint density at radius 3 is 2.66 bits per heavy atom. The minimum Gasteiger partial charge on any atom is -0.378 e. The second-order valence-electron chi connectivity index (χ2n) is 7.45. The predicted molar refractivity (Wildman–Crippen MR) is 123 cm³/mol. The number of carbonyl (C=O) groups excluding carboxylic acids is 1. The number of rotatable bonds is 4. The van der Waals surface area contributed by atoms with Crippen LogP contribution in [-0.2, 0) is 4.74 Å². The molecule has 5 rings (SSSR count). The Balaban J connectivity index is 1.46. The van der Waals surface area contributed by atoms with E-state index in [1.165, 1.54) is 0 Å². The van der Waals surface area contributed by atoms with Crippen molar-refractivity contribution >= 4 is 34.8 Å². The number of morpholine rings is 1. The number of hydrogen-bond acceptors (Lipinski definition) is 6. The Morgan fingerprint density at radius 1 is 1.03 bits per heavy atom. The molecule has 1 aliphatic heterocycles. The topological polar surface area (TPSA) is 84.7 Å². The number of hydrogen-bond donors (Lipinski definition) is 1. The molecule has 0 spiro atoms. The molecule has 0 unspecified atom stereocenters. The van der Waals surface area contributed by atoms with Crippen molar-refractivity contribution in [1.82, 2.24) is 19.6 Å². The van der Waals surface area contributed by atoms with Gasteiger partial charge in [0, 0.05) is 18.7 Å². The predicted octanol–water partition coefficient (Wildman–Crippen LogP) is 3.84. The van der Waals surface area contributed by atoms with Gasteiger partial charge in [0.1, 0.15) is 11.5 Å². The maximum atomic E-state index is 13.0. The molecule has 1 fully saturated rings. The quantitative estimate of drug-likeness (QED) is 0.510. The monoisotopic (exact) mass is 448 g/mol. The van der Waals surface area contributed by atoms with Crippen LogP contribution >= 0.6 is 11.6 Å². The number of aromatic nitrogens is 4. The van der Waals surface area contributed by atoms with Gasteiger partial charge in [0.05, 0.1) is 29.6 Å². The van der Waals surface area contributed by atoms with E-state index in [0.29, 0.717) is 46.8 Å². The number of pyridine rings is 1. The normalized spacial score (nSPS) is 14.0. The molecule has 1 aromatic carbocycles. The van der Waals surface area contributed by atoms with Crippen LogP contribution in [0.15, 0.2) is 54.6 Å². The maximum absolute atomic E-state index is 13.0. The van der Waals surface area contributed by atoms with Crippen LogP contribution in [0.1, 0.15) is 16.2 Å². The number of amides is 1. The van der Waals surface area contributed by atoms with E-state index in [1.807, 2.05) is 55.5 Å². The number of nitrogens with one attached hydrogen (secondary N) is 1. The van der Waals surface area contributed by atoms with Crippen LogP contribution in [0, 0.1) is 6.92 Å². The smallest absolute Gasteiger partial charge is 0.275 e. The van der Waals surface area contributed by atoms with Crippen molar-refractivity contribution in [2.24, 2.45) is 0 Å². The van der Waals surface area contributed by atoms with Gasteiger partial charge in [0.2, 0.25) is 0 Å². The number of imidazole rings is 1. The van der Waals surface area contributed by atoms with Crippen LogP contribution in [-0.4, -0.2) is 51.8 Å². The molecule has 162 valence electrons. The molecule has 0 saturated carbocycles. The lowest BCUT2D eigenvalue weighted by atomic mass is 10.1. The van der Waals surface area contributed by atoms with Crippen molar-refractivity contribution in [2.45, 2.75) is 6.92 Å². The number of aryl methyl sites for hydroxylation is 1. The van der Waals surface area contributed by atoms with E-state index in [4.69, 9.17) is 16.3 Å². The summed E-state index contributed by atoms with van der Waals surface area (Å²) in [6, 6.07) is 16.6. The molecule has 1 N–H and O–H groups in total. The second-order valence-corrected chi connectivity index (χ2v) is 7.86. The fourth-order valence-electron chi connectivity index (χ4n) is 3.69. The molecule has 0 bridgehead atoms. The molecule has 1 aliphatic rings. The summed E-state index contributed by atoms with van der Waals surface area (Å²) in [6.45, 7) is 4.63. The lowest BCUT2D eigenvalue weighted by molar-refractivity contribution is 0.102. The van der Waals surface area contributed by atoms with Crippen molar-refractivity contribution < 1.29 is 9.53 Å². The molecule has 4 aromatic rings. The first-order valence-electron chi connectivity index (χ1n) is 10.3. The highest BCUT2D eigenvalue weighted by molar-refractivity contribution is 6.33. The molecule has 1 amide bonds. The number of halogens is 1. The van der Waals surface area contributed by atoms with Crippen LogP contribution in [0.3, 0.4) is 0 Å². The molecule has 4 heterocycles. The van der Waals surface area contributed by atoms with Crippen LogP contribution in [0.4, 0.5) is 11.6 Å². The Hall–Kier alpha value is -3.49. The zero-order chi connectivity index (χ0) is 22.1. The van der Waals surface area contributed by atoms with Gasteiger partial charge in [-0.15, -0.1) is 0 Å². The molecule has 8 nitrogen and oxygen atoms in total. The van der Waals surface area contributed by atoms with E-state index in [9.17, 15) is 4.79 Å². The molecule has 32 heavy (non-hydrogen) atoms. The first-order valence-corrected chi connectivity index (χ1v) is 10.7. The van der Waals surface area contributed by atoms with Gasteiger partial charge >= 0.3 is 0 Å². The minimum absolute atomic E-state index is 0.324. The molecule has 1 saturated heterocycles. The summed E-state index contributed by atoms with van der Waals surface area (Å²) in [5.41, 5.74) is 3.10. The number of benzene rings is 1. The summed E-state index contributed by atoms with van der Waals surface area (Å²) in [5, 5.41) is 8.21. The van der Waals surface area contributed by atoms with Crippen molar-refractivity contribution in [1.29, 1.82) is 0 Å². The zero-order valence-corrected chi connectivity index (χ0v) is 18.2. The lowest BCUT2D eigenvalue weighted by Gasteiger charge is -2.27. The Morgan fingerprint density at radius 2 is 1.84 bits per heavy atom. The van der Waals surface area contributed by atoms with Gasteiger partial charge < -0.3 is 15.0 Å². The van der Waals surface area contributed by atoms with Crippen molar-refractivity contribution in [2.75, 3.05) is 36.5 Å². The summed E-state index contributed by atoms with van der Waals surface area (Å²) in [7, 11) is 0. The third-order valence-corrected chi connectivity index (χ3v) is 5.67. The average Bonchev–Trinajstić information content (AvgIpc) is 3.14. The Kier molecular flexibility index (Phi) is 5.46. The molecule has 9 heteroatoms. The standard InChI is InChI=1S/C23H21ClN6O2/c1-15-22(27-23(31)19-7-4-8-20(26-19)29-11-13-32-14-12-29)30-21(25-15)10-9-18(28-30)16-5-2-3-6-17(16)24/h2-10H,11-14H2,1H3,(H,27,31). The van der Waals surface area contributed by atoms with Gasteiger partial charge in [0.15, 0.2) is 11.5 Å². The van der Waals surface area contributed by atoms with Gasteiger partial charge in [-0.25, -0.2) is 9.97 Å². The fourth-order valence-corrected chi connectivity index (χ4v) is 3.92. The van der Waals surface area contributed by atoms with Crippen molar-refractivity contribution in [3.8, 4) is 11.3 Å². The van der Waals surface area contributed by atoms with Crippen LogP contribution in [0.2, 0.25) is 5.02 Å². The average molecular weight is 449 g/mol. The largest absolute Gasteiger partial charge is 0.378 e. The highest BCUT2D eigenvalue weighted by atomic mass is 35.5.